The van der Waals surface area contributed by atoms with Crippen molar-refractivity contribution < 1.29 is 4.79 Å². The lowest BCUT2D eigenvalue weighted by molar-refractivity contribution is 0.0962. The van der Waals surface area contributed by atoms with Crippen molar-refractivity contribution in [3.8, 4) is 0 Å². The van der Waals surface area contributed by atoms with Gasteiger partial charge < -0.3 is 10.6 Å². The Balaban J connectivity index is 2.14. The largest absolute Gasteiger partial charge is 0.380 e. The Labute approximate surface area is 117 Å². The van der Waals surface area contributed by atoms with Crippen molar-refractivity contribution in [1.82, 2.24) is 5.32 Å². The summed E-state index contributed by atoms with van der Waals surface area (Å²) in [5.41, 5.74) is 2.71. The minimum Gasteiger partial charge on any atom is -0.380 e. The molecule has 19 heavy (non-hydrogen) atoms. The van der Waals surface area contributed by atoms with Crippen LogP contribution < -0.4 is 10.6 Å². The van der Waals surface area contributed by atoms with Gasteiger partial charge in [0.15, 0.2) is 0 Å². The lowest BCUT2D eigenvalue weighted by Gasteiger charge is -2.12. The van der Waals surface area contributed by atoms with E-state index < -0.39 is 0 Å². The molecule has 0 radical (unpaired) electrons. The van der Waals surface area contributed by atoms with E-state index in [0.29, 0.717) is 0 Å². The van der Waals surface area contributed by atoms with Gasteiger partial charge in [-0.3, -0.25) is 4.79 Å². The van der Waals surface area contributed by atoms with Crippen LogP contribution in [0, 0.1) is 13.8 Å². The maximum Gasteiger partial charge on any atom is 0.251 e. The highest BCUT2D eigenvalue weighted by Gasteiger charge is 2.09. The van der Waals surface area contributed by atoms with Gasteiger partial charge in [0.1, 0.15) is 0 Å². The molecule has 0 saturated heterocycles. The maximum atomic E-state index is 11.7. The average Bonchev–Trinajstić information content (AvgIpc) is 2.82. The summed E-state index contributed by atoms with van der Waals surface area (Å²) < 4.78 is 0. The molecule has 1 amide bonds. The van der Waals surface area contributed by atoms with Crippen LogP contribution in [-0.2, 0) is 6.54 Å². The molecule has 100 valence electrons. The first kappa shape index (κ1) is 13.6. The standard InChI is InChI=1S/C15H18N2OS/c1-10-7-8-12(19-10)9-17-14-6-4-5-13(11(14)2)15(18)16-3/h4-8,17H,9H2,1-3H3,(H,16,18). The highest BCUT2D eigenvalue weighted by molar-refractivity contribution is 7.11. The summed E-state index contributed by atoms with van der Waals surface area (Å²) in [6.45, 7) is 4.86. The van der Waals surface area contributed by atoms with Gasteiger partial charge in [0.05, 0.1) is 0 Å². The molecule has 0 spiro atoms. The predicted molar refractivity (Wildman–Crippen MR) is 81.0 cm³/mol. The summed E-state index contributed by atoms with van der Waals surface area (Å²) in [6.07, 6.45) is 0. The van der Waals surface area contributed by atoms with Crippen LogP contribution in [0.4, 0.5) is 5.69 Å². The van der Waals surface area contributed by atoms with E-state index in [1.807, 2.05) is 25.1 Å². The molecule has 1 aromatic carbocycles. The molecule has 2 rings (SSSR count). The van der Waals surface area contributed by atoms with Crippen LogP contribution in [-0.4, -0.2) is 13.0 Å². The first-order valence-corrected chi connectivity index (χ1v) is 7.04. The third-order valence-corrected chi connectivity index (χ3v) is 4.06. The van der Waals surface area contributed by atoms with E-state index >= 15 is 0 Å². The van der Waals surface area contributed by atoms with Gasteiger partial charge in [-0.15, -0.1) is 11.3 Å². The Morgan fingerprint density at radius 2 is 2.00 bits per heavy atom. The smallest absolute Gasteiger partial charge is 0.251 e. The van der Waals surface area contributed by atoms with E-state index in [9.17, 15) is 4.79 Å². The fourth-order valence-electron chi connectivity index (χ4n) is 1.97. The van der Waals surface area contributed by atoms with Crippen LogP contribution in [0.5, 0.6) is 0 Å². The molecule has 1 aromatic heterocycles. The summed E-state index contributed by atoms with van der Waals surface area (Å²) in [7, 11) is 1.65. The molecule has 2 N–H and O–H groups in total. The van der Waals surface area contributed by atoms with E-state index in [1.54, 1.807) is 18.4 Å². The van der Waals surface area contributed by atoms with E-state index in [4.69, 9.17) is 0 Å². The first-order valence-electron chi connectivity index (χ1n) is 6.22. The summed E-state index contributed by atoms with van der Waals surface area (Å²) in [6, 6.07) is 10.00. The number of thiophene rings is 1. The quantitative estimate of drug-likeness (QED) is 0.898. The zero-order chi connectivity index (χ0) is 13.8. The zero-order valence-electron chi connectivity index (χ0n) is 11.4. The minimum absolute atomic E-state index is 0.0480. The molecule has 0 atom stereocenters. The van der Waals surface area contributed by atoms with Crippen LogP contribution in [0.2, 0.25) is 0 Å². The summed E-state index contributed by atoms with van der Waals surface area (Å²) in [5, 5.41) is 6.05. The summed E-state index contributed by atoms with van der Waals surface area (Å²) >= 11 is 1.79. The number of hydrogen-bond donors (Lipinski definition) is 2. The number of hydrogen-bond acceptors (Lipinski definition) is 3. The fraction of sp³-hybridized carbons (Fsp3) is 0.267. The van der Waals surface area contributed by atoms with Crippen LogP contribution >= 0.6 is 11.3 Å². The molecular weight excluding hydrogens is 256 g/mol. The van der Waals surface area contributed by atoms with Crippen molar-refractivity contribution in [3.05, 3.63) is 51.2 Å². The highest BCUT2D eigenvalue weighted by atomic mass is 32.1. The minimum atomic E-state index is -0.0480. The summed E-state index contributed by atoms with van der Waals surface area (Å²) in [5.74, 6) is -0.0480. The number of nitrogens with one attached hydrogen (secondary N) is 2. The first-order chi connectivity index (χ1) is 9.11. The van der Waals surface area contributed by atoms with Crippen molar-refractivity contribution >= 4 is 22.9 Å². The van der Waals surface area contributed by atoms with Crippen LogP contribution in [0.1, 0.15) is 25.7 Å². The van der Waals surface area contributed by atoms with Gasteiger partial charge in [-0.25, -0.2) is 0 Å². The molecular formula is C15H18N2OS. The molecule has 0 unspecified atom stereocenters. The molecule has 2 aromatic rings. The monoisotopic (exact) mass is 274 g/mol. The van der Waals surface area contributed by atoms with Gasteiger partial charge in [0.2, 0.25) is 0 Å². The molecule has 4 heteroatoms. The van der Waals surface area contributed by atoms with Crippen molar-refractivity contribution in [1.29, 1.82) is 0 Å². The van der Waals surface area contributed by atoms with Crippen LogP contribution in [0.25, 0.3) is 0 Å². The lowest BCUT2D eigenvalue weighted by Crippen LogP contribution is -2.19. The van der Waals surface area contributed by atoms with Crippen LogP contribution in [0.3, 0.4) is 0 Å². The van der Waals surface area contributed by atoms with Crippen molar-refractivity contribution in [2.45, 2.75) is 20.4 Å². The highest BCUT2D eigenvalue weighted by Crippen LogP contribution is 2.21. The molecule has 3 nitrogen and oxygen atoms in total. The Morgan fingerprint density at radius 3 is 2.63 bits per heavy atom. The van der Waals surface area contributed by atoms with E-state index in [2.05, 4.69) is 29.7 Å². The molecule has 0 bridgehead atoms. The number of aryl methyl sites for hydroxylation is 1. The van der Waals surface area contributed by atoms with Gasteiger partial charge in [-0.1, -0.05) is 6.07 Å². The normalized spacial score (nSPS) is 10.3. The second-order valence-corrected chi connectivity index (χ2v) is 5.80. The van der Waals surface area contributed by atoms with Gasteiger partial charge in [0, 0.05) is 34.6 Å². The average molecular weight is 274 g/mol. The number of rotatable bonds is 4. The maximum absolute atomic E-state index is 11.7. The molecule has 0 saturated carbocycles. The Bertz CT molecular complexity index is 590. The Hall–Kier alpha value is -1.81. The van der Waals surface area contributed by atoms with Crippen LogP contribution in [0.15, 0.2) is 30.3 Å². The van der Waals surface area contributed by atoms with E-state index in [1.165, 1.54) is 9.75 Å². The molecule has 0 aliphatic rings. The Kier molecular flexibility index (Phi) is 4.22. The molecule has 0 aliphatic heterocycles. The van der Waals surface area contributed by atoms with Crippen molar-refractivity contribution in [2.24, 2.45) is 0 Å². The second kappa shape index (κ2) is 5.89. The van der Waals surface area contributed by atoms with E-state index in [-0.39, 0.29) is 5.91 Å². The Morgan fingerprint density at radius 1 is 1.21 bits per heavy atom. The van der Waals surface area contributed by atoms with Gasteiger partial charge in [-0.05, 0) is 43.7 Å². The molecule has 0 fully saturated rings. The number of carbonyl (C=O) groups is 1. The predicted octanol–water partition coefficient (Wildman–Crippen LogP) is 3.34. The number of benzene rings is 1. The fourth-order valence-corrected chi connectivity index (χ4v) is 2.80. The number of carbonyl (C=O) groups excluding carboxylic acids is 1. The lowest BCUT2D eigenvalue weighted by atomic mass is 10.1. The molecule has 0 aliphatic carbocycles. The number of amides is 1. The van der Waals surface area contributed by atoms with Crippen molar-refractivity contribution in [2.75, 3.05) is 12.4 Å². The second-order valence-electron chi connectivity index (χ2n) is 4.42. The van der Waals surface area contributed by atoms with Gasteiger partial charge >= 0.3 is 0 Å². The number of anilines is 1. The van der Waals surface area contributed by atoms with Gasteiger partial charge in [-0.2, -0.15) is 0 Å². The zero-order valence-corrected chi connectivity index (χ0v) is 12.2. The van der Waals surface area contributed by atoms with Crippen molar-refractivity contribution in [3.63, 3.8) is 0 Å². The summed E-state index contributed by atoms with van der Waals surface area (Å²) in [4.78, 5) is 14.3. The topological polar surface area (TPSA) is 41.1 Å². The van der Waals surface area contributed by atoms with Gasteiger partial charge in [0.25, 0.3) is 5.91 Å². The third kappa shape index (κ3) is 3.15. The third-order valence-electron chi connectivity index (χ3n) is 3.05. The van der Waals surface area contributed by atoms with E-state index in [0.717, 1.165) is 23.4 Å². The SMILES string of the molecule is CNC(=O)c1cccc(NCc2ccc(C)s2)c1C. The molecule has 1 heterocycles.